The lowest BCUT2D eigenvalue weighted by atomic mass is 9.89. The van der Waals surface area contributed by atoms with Gasteiger partial charge in [0.2, 0.25) is 0 Å². The van der Waals surface area contributed by atoms with Crippen LogP contribution in [0.4, 0.5) is 0 Å². The molecule has 5 nitrogen and oxygen atoms in total. The highest BCUT2D eigenvalue weighted by Gasteiger charge is 2.39. The molecule has 2 aromatic rings. The molecule has 0 N–H and O–H groups in total. The zero-order valence-corrected chi connectivity index (χ0v) is 17.4. The largest absolute Gasteiger partial charge is 0.466 e. The molecule has 154 valence electrons. The molecule has 0 saturated carbocycles. The highest BCUT2D eigenvalue weighted by Crippen LogP contribution is 2.28. The highest BCUT2D eigenvalue weighted by molar-refractivity contribution is 6.13. The molecule has 1 unspecified atom stereocenters. The molecule has 0 spiro atoms. The van der Waals surface area contributed by atoms with Crippen molar-refractivity contribution in [2.24, 2.45) is 4.99 Å². The van der Waals surface area contributed by atoms with Crippen molar-refractivity contribution in [3.63, 3.8) is 0 Å². The van der Waals surface area contributed by atoms with Gasteiger partial charge in [-0.15, -0.1) is 0 Å². The molecule has 0 heterocycles. The first-order valence-electron chi connectivity index (χ1n) is 10.1. The van der Waals surface area contributed by atoms with E-state index in [-0.39, 0.29) is 25.4 Å². The van der Waals surface area contributed by atoms with E-state index >= 15 is 0 Å². The van der Waals surface area contributed by atoms with E-state index in [2.05, 4.69) is 0 Å². The first kappa shape index (κ1) is 22.3. The number of aliphatic imine (C=N–C) groups is 1. The fourth-order valence-electron chi connectivity index (χ4n) is 3.11. The van der Waals surface area contributed by atoms with E-state index in [9.17, 15) is 9.59 Å². The van der Waals surface area contributed by atoms with E-state index in [1.165, 1.54) is 0 Å². The van der Waals surface area contributed by atoms with Crippen LogP contribution in [0, 0.1) is 0 Å². The van der Waals surface area contributed by atoms with Crippen LogP contribution in [-0.4, -0.2) is 36.4 Å². The Morgan fingerprint density at radius 2 is 1.34 bits per heavy atom. The van der Waals surface area contributed by atoms with Crippen LogP contribution in [0.15, 0.2) is 65.7 Å². The van der Waals surface area contributed by atoms with Crippen LogP contribution >= 0.6 is 0 Å². The minimum Gasteiger partial charge on any atom is -0.466 e. The van der Waals surface area contributed by atoms with Crippen LogP contribution in [0.2, 0.25) is 0 Å². The molecule has 0 aliphatic heterocycles. The Balaban J connectivity index is 2.56. The number of benzene rings is 2. The van der Waals surface area contributed by atoms with Crippen molar-refractivity contribution in [1.82, 2.24) is 0 Å². The summed E-state index contributed by atoms with van der Waals surface area (Å²) >= 11 is 0. The maximum absolute atomic E-state index is 13.0. The predicted octanol–water partition coefficient (Wildman–Crippen LogP) is 4.58. The second-order valence-corrected chi connectivity index (χ2v) is 6.60. The zero-order valence-electron chi connectivity index (χ0n) is 17.4. The van der Waals surface area contributed by atoms with Crippen LogP contribution in [0.5, 0.6) is 0 Å². The van der Waals surface area contributed by atoms with Crippen molar-refractivity contribution in [2.75, 3.05) is 13.2 Å². The van der Waals surface area contributed by atoms with Crippen molar-refractivity contribution in [1.29, 1.82) is 0 Å². The van der Waals surface area contributed by atoms with Crippen molar-refractivity contribution < 1.29 is 19.1 Å². The Labute approximate surface area is 172 Å². The fourth-order valence-corrected chi connectivity index (χ4v) is 3.11. The first-order chi connectivity index (χ1) is 14.1. The minimum atomic E-state index is -1.16. The molecule has 1 atom stereocenters. The van der Waals surface area contributed by atoms with Crippen LogP contribution in [0.25, 0.3) is 0 Å². The standard InChI is InChI=1S/C24H29NO4/c1-4-24(23(27)29-6-3,18-17-21(26)28-5-2)25-22(19-13-9-7-10-14-19)20-15-11-8-12-16-20/h7-16H,4-6,17-18H2,1-3H3. The predicted molar refractivity (Wildman–Crippen MR) is 114 cm³/mol. The number of ether oxygens (including phenoxy) is 2. The van der Waals surface area contributed by atoms with Gasteiger partial charge in [-0.25, -0.2) is 4.79 Å². The average Bonchev–Trinajstić information content (AvgIpc) is 2.76. The third kappa shape index (κ3) is 6.01. The van der Waals surface area contributed by atoms with E-state index in [4.69, 9.17) is 14.5 Å². The van der Waals surface area contributed by atoms with E-state index in [0.29, 0.717) is 18.7 Å². The lowest BCUT2D eigenvalue weighted by molar-refractivity contribution is -0.151. The van der Waals surface area contributed by atoms with E-state index < -0.39 is 11.5 Å². The van der Waals surface area contributed by atoms with Crippen molar-refractivity contribution in [3.05, 3.63) is 71.8 Å². The summed E-state index contributed by atoms with van der Waals surface area (Å²) < 4.78 is 10.4. The Kier molecular flexibility index (Phi) is 8.59. The third-order valence-electron chi connectivity index (χ3n) is 4.71. The molecule has 2 rings (SSSR count). The van der Waals surface area contributed by atoms with Gasteiger partial charge in [-0.1, -0.05) is 67.6 Å². The van der Waals surface area contributed by atoms with Gasteiger partial charge < -0.3 is 9.47 Å². The average molecular weight is 395 g/mol. The SMILES string of the molecule is CCOC(=O)CCC(CC)(N=C(c1ccccc1)c1ccccc1)C(=O)OCC. The summed E-state index contributed by atoms with van der Waals surface area (Å²) in [6, 6.07) is 19.5. The molecule has 2 aromatic carbocycles. The van der Waals surface area contributed by atoms with Gasteiger partial charge in [0.25, 0.3) is 0 Å². The minimum absolute atomic E-state index is 0.0981. The molecule has 0 radical (unpaired) electrons. The topological polar surface area (TPSA) is 65.0 Å². The molecule has 0 aliphatic carbocycles. The molecular formula is C24H29NO4. The van der Waals surface area contributed by atoms with Gasteiger partial charge in [0, 0.05) is 17.5 Å². The summed E-state index contributed by atoms with van der Waals surface area (Å²) in [6.07, 6.45) is 0.736. The second-order valence-electron chi connectivity index (χ2n) is 6.60. The number of hydrogen-bond donors (Lipinski definition) is 0. The maximum atomic E-state index is 13.0. The molecule has 0 amide bonds. The molecular weight excluding hydrogens is 366 g/mol. The van der Waals surface area contributed by atoms with Crippen molar-refractivity contribution in [3.8, 4) is 0 Å². The van der Waals surface area contributed by atoms with Crippen LogP contribution in [0.3, 0.4) is 0 Å². The summed E-state index contributed by atoms with van der Waals surface area (Å²) in [4.78, 5) is 29.9. The molecule has 0 aromatic heterocycles. The van der Waals surface area contributed by atoms with E-state index in [0.717, 1.165) is 11.1 Å². The number of carbonyl (C=O) groups is 2. The summed E-state index contributed by atoms with van der Waals surface area (Å²) in [5, 5.41) is 0. The first-order valence-corrected chi connectivity index (χ1v) is 10.1. The fraction of sp³-hybridized carbons (Fsp3) is 0.375. The lowest BCUT2D eigenvalue weighted by Gasteiger charge is -2.27. The van der Waals surface area contributed by atoms with Crippen LogP contribution in [-0.2, 0) is 19.1 Å². The number of rotatable bonds is 10. The quantitative estimate of drug-likeness (QED) is 0.436. The molecule has 29 heavy (non-hydrogen) atoms. The summed E-state index contributed by atoms with van der Waals surface area (Å²) in [6.45, 7) is 5.97. The Morgan fingerprint density at radius 3 is 1.79 bits per heavy atom. The summed E-state index contributed by atoms with van der Waals surface area (Å²) in [5.74, 6) is -0.762. The van der Waals surface area contributed by atoms with Gasteiger partial charge in [0.15, 0.2) is 5.54 Å². The Bertz CT molecular complexity index is 776. The molecule has 0 bridgehead atoms. The van der Waals surface area contributed by atoms with Crippen molar-refractivity contribution in [2.45, 2.75) is 45.6 Å². The van der Waals surface area contributed by atoms with Gasteiger partial charge in [-0.3, -0.25) is 9.79 Å². The van der Waals surface area contributed by atoms with Crippen LogP contribution < -0.4 is 0 Å². The van der Waals surface area contributed by atoms with Gasteiger partial charge in [0.05, 0.1) is 18.9 Å². The molecule has 0 fully saturated rings. The Morgan fingerprint density at radius 1 is 0.828 bits per heavy atom. The van der Waals surface area contributed by atoms with Crippen molar-refractivity contribution >= 4 is 17.7 Å². The van der Waals surface area contributed by atoms with Gasteiger partial charge >= 0.3 is 11.9 Å². The molecule has 0 aliphatic rings. The zero-order chi connectivity index (χ0) is 21.1. The van der Waals surface area contributed by atoms with Crippen LogP contribution in [0.1, 0.15) is 51.2 Å². The number of nitrogens with zero attached hydrogens (tertiary/aromatic N) is 1. The number of hydrogen-bond acceptors (Lipinski definition) is 5. The maximum Gasteiger partial charge on any atom is 0.334 e. The number of carbonyl (C=O) groups excluding carboxylic acids is 2. The number of esters is 2. The molecule has 5 heteroatoms. The highest BCUT2D eigenvalue weighted by atomic mass is 16.5. The second kappa shape index (κ2) is 11.1. The monoisotopic (exact) mass is 395 g/mol. The van der Waals surface area contributed by atoms with Gasteiger partial charge in [0.1, 0.15) is 0 Å². The lowest BCUT2D eigenvalue weighted by Crippen LogP contribution is -2.40. The normalized spacial score (nSPS) is 12.5. The Hall–Kier alpha value is -2.95. The summed E-state index contributed by atoms with van der Waals surface area (Å²) in [7, 11) is 0. The molecule has 0 saturated heterocycles. The van der Waals surface area contributed by atoms with E-state index in [1.807, 2.05) is 67.6 Å². The third-order valence-corrected chi connectivity index (χ3v) is 4.71. The van der Waals surface area contributed by atoms with Gasteiger partial charge in [-0.2, -0.15) is 0 Å². The summed E-state index contributed by atoms with van der Waals surface area (Å²) in [5.41, 5.74) is 1.34. The smallest absolute Gasteiger partial charge is 0.334 e. The van der Waals surface area contributed by atoms with Gasteiger partial charge in [-0.05, 0) is 26.7 Å². The van der Waals surface area contributed by atoms with E-state index in [1.54, 1.807) is 13.8 Å².